The number of halogens is 1. The molecule has 1 aliphatic rings. The lowest BCUT2D eigenvalue weighted by atomic mass is 9.94. The molecule has 2 aromatic rings. The maximum absolute atomic E-state index is 13.0. The molecule has 7 heteroatoms. The molecule has 3 rings (SSSR count). The number of hydrogen-bond donors (Lipinski definition) is 3. The van der Waals surface area contributed by atoms with E-state index in [4.69, 9.17) is 17.0 Å². The number of benzene rings is 2. The lowest BCUT2D eigenvalue weighted by Gasteiger charge is -2.31. The number of para-hydroxylation sites is 1. The lowest BCUT2D eigenvalue weighted by molar-refractivity contribution is -0.113. The van der Waals surface area contributed by atoms with Gasteiger partial charge in [-0.05, 0) is 49.5 Å². The smallest absolute Gasteiger partial charge is 0.255 e. The van der Waals surface area contributed by atoms with E-state index in [2.05, 4.69) is 31.9 Å². The summed E-state index contributed by atoms with van der Waals surface area (Å²) in [6, 6.07) is 14.6. The second-order valence-electron chi connectivity index (χ2n) is 5.77. The van der Waals surface area contributed by atoms with Gasteiger partial charge in [-0.3, -0.25) is 4.79 Å². The summed E-state index contributed by atoms with van der Waals surface area (Å²) in [6.07, 6.45) is 0. The maximum atomic E-state index is 13.0. The van der Waals surface area contributed by atoms with Gasteiger partial charge in [-0.2, -0.15) is 0 Å². The van der Waals surface area contributed by atoms with E-state index in [0.717, 1.165) is 10.0 Å². The standard InChI is InChI=1S/C19H18BrN3O2S/c1-11-16(18(24)22-13-9-7-12(20)8-10-13)17(23-19(26)21-11)14-5-3-4-6-15(14)25-2/h3-10,17H,1-2H3,(H,22,24)(H2,21,23,26)/t17-/m0/s1. The summed E-state index contributed by atoms with van der Waals surface area (Å²) in [5.74, 6) is 0.486. The van der Waals surface area contributed by atoms with Crippen LogP contribution < -0.4 is 20.7 Å². The zero-order chi connectivity index (χ0) is 18.7. The topological polar surface area (TPSA) is 62.4 Å². The lowest BCUT2D eigenvalue weighted by Crippen LogP contribution is -2.45. The SMILES string of the molecule is COc1ccccc1[C@@H]1NC(=S)NC(C)=C1C(=O)Nc1ccc(Br)cc1. The first-order valence-electron chi connectivity index (χ1n) is 7.97. The summed E-state index contributed by atoms with van der Waals surface area (Å²) in [6.45, 7) is 1.84. The van der Waals surface area contributed by atoms with E-state index in [1.54, 1.807) is 7.11 Å². The Morgan fingerprint density at radius 2 is 1.88 bits per heavy atom. The molecule has 0 aliphatic carbocycles. The van der Waals surface area contributed by atoms with Gasteiger partial charge >= 0.3 is 0 Å². The Bertz CT molecular complexity index is 881. The number of ether oxygens (including phenoxy) is 1. The highest BCUT2D eigenvalue weighted by molar-refractivity contribution is 9.10. The van der Waals surface area contributed by atoms with Gasteiger partial charge in [0.05, 0.1) is 18.7 Å². The minimum absolute atomic E-state index is 0.205. The van der Waals surface area contributed by atoms with Gasteiger partial charge in [0.15, 0.2) is 5.11 Å². The molecule has 0 radical (unpaired) electrons. The van der Waals surface area contributed by atoms with Gasteiger partial charge < -0.3 is 20.7 Å². The monoisotopic (exact) mass is 431 g/mol. The fourth-order valence-electron chi connectivity index (χ4n) is 2.86. The van der Waals surface area contributed by atoms with E-state index < -0.39 is 6.04 Å². The highest BCUT2D eigenvalue weighted by atomic mass is 79.9. The second-order valence-corrected chi connectivity index (χ2v) is 7.10. The Kier molecular flexibility index (Phi) is 5.58. The summed E-state index contributed by atoms with van der Waals surface area (Å²) in [7, 11) is 1.61. The minimum Gasteiger partial charge on any atom is -0.496 e. The molecular formula is C19H18BrN3O2S. The normalized spacial score (nSPS) is 16.6. The van der Waals surface area contributed by atoms with Crippen molar-refractivity contribution in [3.63, 3.8) is 0 Å². The van der Waals surface area contributed by atoms with E-state index in [0.29, 0.717) is 27.8 Å². The summed E-state index contributed by atoms with van der Waals surface area (Å²) in [4.78, 5) is 13.0. The molecule has 3 N–H and O–H groups in total. The minimum atomic E-state index is -0.407. The summed E-state index contributed by atoms with van der Waals surface area (Å²) in [5.41, 5.74) is 2.83. The number of amides is 1. The number of thiocarbonyl (C=S) groups is 1. The molecule has 1 amide bonds. The Hall–Kier alpha value is -2.38. The van der Waals surface area contributed by atoms with E-state index in [9.17, 15) is 4.79 Å². The summed E-state index contributed by atoms with van der Waals surface area (Å²) < 4.78 is 6.41. The van der Waals surface area contributed by atoms with Crippen LogP contribution in [-0.2, 0) is 4.79 Å². The van der Waals surface area contributed by atoms with Crippen LogP contribution in [0.25, 0.3) is 0 Å². The molecule has 26 heavy (non-hydrogen) atoms. The van der Waals surface area contributed by atoms with Crippen LogP contribution in [0.2, 0.25) is 0 Å². The molecule has 1 aliphatic heterocycles. The van der Waals surface area contributed by atoms with Gasteiger partial charge in [-0.15, -0.1) is 0 Å². The van der Waals surface area contributed by atoms with Crippen LogP contribution in [-0.4, -0.2) is 18.1 Å². The van der Waals surface area contributed by atoms with Crippen LogP contribution in [0.1, 0.15) is 18.5 Å². The van der Waals surface area contributed by atoms with Crippen molar-refractivity contribution in [1.82, 2.24) is 10.6 Å². The fourth-order valence-corrected chi connectivity index (χ4v) is 3.40. The average Bonchev–Trinajstić information content (AvgIpc) is 2.62. The van der Waals surface area contributed by atoms with E-state index >= 15 is 0 Å². The quantitative estimate of drug-likeness (QED) is 0.640. The number of methoxy groups -OCH3 is 1. The average molecular weight is 432 g/mol. The van der Waals surface area contributed by atoms with Gasteiger partial charge in [0, 0.05) is 21.4 Å². The van der Waals surface area contributed by atoms with Gasteiger partial charge in [-0.1, -0.05) is 34.1 Å². The number of carbonyl (C=O) groups excluding carboxylic acids is 1. The molecular weight excluding hydrogens is 414 g/mol. The third-order valence-electron chi connectivity index (χ3n) is 4.07. The van der Waals surface area contributed by atoms with Gasteiger partial charge in [0.2, 0.25) is 0 Å². The first kappa shape index (κ1) is 18.4. The molecule has 0 aromatic heterocycles. The number of allylic oxidation sites excluding steroid dienone is 1. The van der Waals surface area contributed by atoms with Crippen LogP contribution in [0.3, 0.4) is 0 Å². The predicted octanol–water partition coefficient (Wildman–Crippen LogP) is 3.89. The van der Waals surface area contributed by atoms with Crippen LogP contribution in [0.15, 0.2) is 64.3 Å². The highest BCUT2D eigenvalue weighted by Crippen LogP contribution is 2.33. The van der Waals surface area contributed by atoms with Gasteiger partial charge in [0.25, 0.3) is 5.91 Å². The van der Waals surface area contributed by atoms with Crippen molar-refractivity contribution in [3.05, 3.63) is 69.8 Å². The molecule has 0 fully saturated rings. The first-order valence-corrected chi connectivity index (χ1v) is 9.18. The van der Waals surface area contributed by atoms with Crippen molar-refractivity contribution in [2.24, 2.45) is 0 Å². The van der Waals surface area contributed by atoms with Crippen LogP contribution in [0.4, 0.5) is 5.69 Å². The third kappa shape index (κ3) is 3.89. The molecule has 1 atom stereocenters. The van der Waals surface area contributed by atoms with Crippen molar-refractivity contribution < 1.29 is 9.53 Å². The number of rotatable bonds is 4. The zero-order valence-corrected chi connectivity index (χ0v) is 16.7. The van der Waals surface area contributed by atoms with Crippen molar-refractivity contribution in [1.29, 1.82) is 0 Å². The molecule has 134 valence electrons. The zero-order valence-electron chi connectivity index (χ0n) is 14.3. The Labute approximate surface area is 165 Å². The maximum Gasteiger partial charge on any atom is 0.255 e. The fraction of sp³-hybridized carbons (Fsp3) is 0.158. The number of carbonyl (C=O) groups is 1. The number of hydrogen-bond acceptors (Lipinski definition) is 3. The Balaban J connectivity index is 1.97. The van der Waals surface area contributed by atoms with Gasteiger partial charge in [0.1, 0.15) is 5.75 Å². The van der Waals surface area contributed by atoms with Crippen molar-refractivity contribution in [2.75, 3.05) is 12.4 Å². The van der Waals surface area contributed by atoms with E-state index in [1.165, 1.54) is 0 Å². The predicted molar refractivity (Wildman–Crippen MR) is 110 cm³/mol. The molecule has 0 bridgehead atoms. The number of nitrogens with one attached hydrogen (secondary N) is 3. The Morgan fingerprint density at radius 1 is 1.19 bits per heavy atom. The van der Waals surface area contributed by atoms with Crippen molar-refractivity contribution in [2.45, 2.75) is 13.0 Å². The highest BCUT2D eigenvalue weighted by Gasteiger charge is 2.31. The van der Waals surface area contributed by atoms with Crippen LogP contribution in [0.5, 0.6) is 5.75 Å². The second kappa shape index (κ2) is 7.88. The van der Waals surface area contributed by atoms with Gasteiger partial charge in [-0.25, -0.2) is 0 Å². The largest absolute Gasteiger partial charge is 0.496 e. The molecule has 2 aromatic carbocycles. The third-order valence-corrected chi connectivity index (χ3v) is 4.81. The molecule has 0 saturated heterocycles. The van der Waals surface area contributed by atoms with E-state index in [1.807, 2.05) is 55.5 Å². The van der Waals surface area contributed by atoms with Crippen molar-refractivity contribution in [3.8, 4) is 5.75 Å². The molecule has 1 heterocycles. The molecule has 0 unspecified atom stereocenters. The molecule has 5 nitrogen and oxygen atoms in total. The summed E-state index contributed by atoms with van der Waals surface area (Å²) >= 11 is 8.68. The van der Waals surface area contributed by atoms with Crippen LogP contribution in [0, 0.1) is 0 Å². The van der Waals surface area contributed by atoms with E-state index in [-0.39, 0.29) is 5.91 Å². The number of anilines is 1. The van der Waals surface area contributed by atoms with Crippen LogP contribution >= 0.6 is 28.1 Å². The summed E-state index contributed by atoms with van der Waals surface area (Å²) in [5, 5.41) is 9.62. The Morgan fingerprint density at radius 3 is 2.58 bits per heavy atom. The first-order chi connectivity index (χ1) is 12.5. The molecule has 0 spiro atoms. The van der Waals surface area contributed by atoms with Crippen molar-refractivity contribution >= 4 is 44.9 Å². The molecule has 0 saturated carbocycles.